The minimum atomic E-state index is -1.53. The van der Waals surface area contributed by atoms with E-state index < -0.39 is 35.8 Å². The third kappa shape index (κ3) is 9.97. The first-order chi connectivity index (χ1) is 28.8. The van der Waals surface area contributed by atoms with Gasteiger partial charge in [-0.05, 0) is 91.5 Å². The molecule has 2 amide bonds. The Morgan fingerprint density at radius 1 is 1.02 bits per heavy atom. The van der Waals surface area contributed by atoms with E-state index in [-0.39, 0.29) is 57.1 Å². The maximum atomic E-state index is 14.1. The fraction of sp³-hybridized carbons (Fsp3) is 0.457. The Labute approximate surface area is 345 Å². The molecule has 0 aromatic heterocycles. The molecule has 2 aliphatic carbocycles. The lowest BCUT2D eigenvalue weighted by Gasteiger charge is -2.59. The van der Waals surface area contributed by atoms with Crippen LogP contribution in [0.5, 0.6) is 11.5 Å². The van der Waals surface area contributed by atoms with E-state index in [0.717, 1.165) is 42.4 Å². The van der Waals surface area contributed by atoms with Gasteiger partial charge in [-0.15, -0.1) is 6.58 Å². The number of benzene rings is 3. The van der Waals surface area contributed by atoms with Crippen molar-refractivity contribution in [2.45, 2.75) is 82.7 Å². The minimum absolute atomic E-state index is 0.0117. The number of ether oxygens (including phenoxy) is 4. The van der Waals surface area contributed by atoms with Crippen LogP contribution in [0.4, 0.5) is 14.0 Å². The van der Waals surface area contributed by atoms with Gasteiger partial charge in [-0.2, -0.15) is 0 Å². The average molecular weight is 814 g/mol. The van der Waals surface area contributed by atoms with Crippen LogP contribution >= 0.6 is 0 Å². The Kier molecular flexibility index (Phi) is 15.2. The summed E-state index contributed by atoms with van der Waals surface area (Å²) in [7, 11) is 1.31. The molecule has 0 radical (unpaired) electrons. The number of aliphatic hydroxyl groups is 2. The second-order valence-corrected chi connectivity index (χ2v) is 15.1. The third-order valence-corrected chi connectivity index (χ3v) is 11.5. The number of oxime groups is 1. The highest BCUT2D eigenvalue weighted by Crippen LogP contribution is 2.62. The van der Waals surface area contributed by atoms with Crippen LogP contribution in [0.25, 0.3) is 0 Å². The number of allylic oxidation sites excluding steroid dienone is 1. The summed E-state index contributed by atoms with van der Waals surface area (Å²) >= 11 is 0. The van der Waals surface area contributed by atoms with Gasteiger partial charge in [0.1, 0.15) is 30.0 Å². The number of fused-ring (bicyclic) bond motifs is 2. The lowest BCUT2D eigenvalue weighted by atomic mass is 9.55. The predicted molar refractivity (Wildman–Crippen MR) is 220 cm³/mol. The monoisotopic (exact) mass is 813 g/mol. The van der Waals surface area contributed by atoms with Crippen molar-refractivity contribution in [3.63, 3.8) is 0 Å². The highest BCUT2D eigenvalue weighted by Gasteiger charge is 2.65. The zero-order valence-corrected chi connectivity index (χ0v) is 33.9. The smallest absolute Gasteiger partial charge is 0.412 e. The Morgan fingerprint density at radius 3 is 2.46 bits per heavy atom. The molecule has 12 nitrogen and oxygen atoms in total. The molecule has 1 heterocycles. The largest absolute Gasteiger partial charge is 0.459 e. The molecule has 3 N–H and O–H groups in total. The summed E-state index contributed by atoms with van der Waals surface area (Å²) in [6.07, 6.45) is 7.06. The fourth-order valence-electron chi connectivity index (χ4n) is 8.97. The Morgan fingerprint density at radius 2 is 1.76 bits per heavy atom. The number of aliphatic hydroxyl groups excluding tert-OH is 2. The van der Waals surface area contributed by atoms with Gasteiger partial charge in [0.2, 0.25) is 5.79 Å². The number of amides is 2. The van der Waals surface area contributed by atoms with Crippen LogP contribution in [-0.4, -0.2) is 78.4 Å². The lowest BCUT2D eigenvalue weighted by molar-refractivity contribution is -0.256. The first kappa shape index (κ1) is 43.3. The molecule has 1 aliphatic heterocycles. The molecular weight excluding hydrogens is 758 g/mol. The van der Waals surface area contributed by atoms with E-state index in [9.17, 15) is 24.2 Å². The third-order valence-electron chi connectivity index (χ3n) is 11.5. The number of methoxy groups -OCH3 is 1. The maximum Gasteiger partial charge on any atom is 0.412 e. The first-order valence-corrected chi connectivity index (χ1v) is 20.6. The molecule has 3 aliphatic rings. The molecule has 3 aromatic carbocycles. The minimum Gasteiger partial charge on any atom is -0.459 e. The van der Waals surface area contributed by atoms with Gasteiger partial charge in [0.15, 0.2) is 0 Å². The zero-order chi connectivity index (χ0) is 41.8. The zero-order valence-electron chi connectivity index (χ0n) is 33.9. The number of hydrogen-bond donors (Lipinski definition) is 3. The van der Waals surface area contributed by atoms with Gasteiger partial charge in [-0.3, -0.25) is 4.90 Å². The molecule has 0 unspecified atom stereocenters. The van der Waals surface area contributed by atoms with Crippen molar-refractivity contribution >= 4 is 17.9 Å². The van der Waals surface area contributed by atoms with Crippen molar-refractivity contribution in [2.24, 2.45) is 22.9 Å². The number of hydrogen-bond acceptors (Lipinski definition) is 10. The van der Waals surface area contributed by atoms with Gasteiger partial charge in [-0.25, -0.2) is 14.0 Å². The number of unbranched alkanes of at least 4 members (excludes halogenated alkanes) is 2. The standard InChI is InChI=1S/C46H56FN3O9/c1-4-25-56-46-41(50(45(54)55-3)30-32-17-19-34(47)20-18-32)28-39(49-57-5-2)37-26-33(15-9-11-23-51)36(16-10-12-24-52)42(43(37)46)38-27-35(21-22-40(38)59-46)58-44(53)48-29-31-13-7-6-8-14-31/h4,6-8,13-14,17-22,26-27,33,36,41-43,51-52H,1,5,9-12,15-16,23-25,28-30H2,2-3H3,(H,48,53)/t33-,36+,41-,42+,43+,46+/m0/s1. The van der Waals surface area contributed by atoms with Crippen LogP contribution in [0.1, 0.15) is 74.5 Å². The molecular formula is C46H56FN3O9. The predicted octanol–water partition coefficient (Wildman–Crippen LogP) is 8.04. The first-order valence-electron chi connectivity index (χ1n) is 20.6. The van der Waals surface area contributed by atoms with Crippen LogP contribution in [0.15, 0.2) is 102 Å². The molecule has 0 saturated heterocycles. The molecule has 3 aromatic rings. The number of carbonyl (C=O) groups is 2. The summed E-state index contributed by atoms with van der Waals surface area (Å²) in [6.45, 7) is 6.64. The molecule has 316 valence electrons. The van der Waals surface area contributed by atoms with E-state index in [2.05, 4.69) is 23.1 Å². The summed E-state index contributed by atoms with van der Waals surface area (Å²) in [4.78, 5) is 34.5. The Hall–Kier alpha value is -5.24. The van der Waals surface area contributed by atoms with E-state index >= 15 is 0 Å². The Balaban J connectivity index is 1.53. The van der Waals surface area contributed by atoms with Gasteiger partial charge < -0.3 is 39.3 Å². The summed E-state index contributed by atoms with van der Waals surface area (Å²) in [5.74, 6) is -2.06. The van der Waals surface area contributed by atoms with Crippen LogP contribution in [-0.2, 0) is 27.4 Å². The van der Waals surface area contributed by atoms with Crippen molar-refractivity contribution in [1.29, 1.82) is 0 Å². The van der Waals surface area contributed by atoms with E-state index in [0.29, 0.717) is 42.2 Å². The number of carbonyl (C=O) groups excluding carboxylic acids is 2. The van der Waals surface area contributed by atoms with Crippen molar-refractivity contribution < 1.29 is 48.0 Å². The average Bonchev–Trinajstić information content (AvgIpc) is 3.25. The van der Waals surface area contributed by atoms with Crippen molar-refractivity contribution in [2.75, 3.05) is 33.5 Å². The second-order valence-electron chi connectivity index (χ2n) is 15.1. The van der Waals surface area contributed by atoms with Crippen molar-refractivity contribution in [1.82, 2.24) is 10.2 Å². The topological polar surface area (TPSA) is 148 Å². The molecule has 1 saturated carbocycles. The van der Waals surface area contributed by atoms with Gasteiger partial charge in [0.25, 0.3) is 0 Å². The summed E-state index contributed by atoms with van der Waals surface area (Å²) in [6, 6.07) is 19.9. The second kappa shape index (κ2) is 20.6. The maximum absolute atomic E-state index is 14.1. The highest BCUT2D eigenvalue weighted by atomic mass is 19.1. The van der Waals surface area contributed by atoms with E-state index in [1.165, 1.54) is 19.2 Å². The van der Waals surface area contributed by atoms with Gasteiger partial charge in [0, 0.05) is 44.2 Å². The summed E-state index contributed by atoms with van der Waals surface area (Å²) in [5, 5.41) is 27.2. The molecule has 13 heteroatoms. The van der Waals surface area contributed by atoms with Crippen LogP contribution < -0.4 is 14.8 Å². The van der Waals surface area contributed by atoms with Crippen molar-refractivity contribution in [3.05, 3.63) is 120 Å². The highest BCUT2D eigenvalue weighted by molar-refractivity contribution is 6.03. The summed E-state index contributed by atoms with van der Waals surface area (Å²) in [5.41, 5.74) is 3.87. The summed E-state index contributed by atoms with van der Waals surface area (Å²) < 4.78 is 39.6. The molecule has 59 heavy (non-hydrogen) atoms. The molecule has 6 rings (SSSR count). The molecule has 0 spiro atoms. The van der Waals surface area contributed by atoms with E-state index in [1.807, 2.05) is 43.3 Å². The van der Waals surface area contributed by atoms with Crippen molar-refractivity contribution in [3.8, 4) is 11.5 Å². The van der Waals surface area contributed by atoms with Crippen LogP contribution in [0.3, 0.4) is 0 Å². The molecule has 6 atom stereocenters. The van der Waals surface area contributed by atoms with Gasteiger partial charge in [-0.1, -0.05) is 72.6 Å². The number of nitrogens with zero attached hydrogens (tertiary/aromatic N) is 2. The van der Waals surface area contributed by atoms with E-state index in [4.69, 9.17) is 23.8 Å². The number of nitrogens with one attached hydrogen (secondary N) is 1. The quantitative estimate of drug-likeness (QED) is 0.0622. The van der Waals surface area contributed by atoms with Crippen LogP contribution in [0, 0.1) is 23.6 Å². The fourth-order valence-corrected chi connectivity index (χ4v) is 8.97. The Bertz CT molecular complexity index is 1940. The SMILES string of the molecule is C=CCO[C@@]12Oc3ccc(OC(=O)NCc4ccccc4)cc3[C@H]3[C@H](CCCCO)[C@@H](CCCCO)C=C(C(=NOCC)C[C@@H]1N(Cc1ccc(F)cc1)C(=O)OC)[C@H]32. The van der Waals surface area contributed by atoms with Gasteiger partial charge >= 0.3 is 12.2 Å². The normalized spacial score (nSPS) is 23.5. The molecule has 1 fully saturated rings. The van der Waals surface area contributed by atoms with E-state index in [1.54, 1.807) is 35.2 Å². The van der Waals surface area contributed by atoms with Crippen LogP contribution in [0.2, 0.25) is 0 Å². The number of halogens is 1. The lowest BCUT2D eigenvalue weighted by Crippen LogP contribution is -2.70. The van der Waals surface area contributed by atoms with Gasteiger partial charge in [0.05, 0.1) is 25.3 Å². The molecule has 0 bridgehead atoms. The number of rotatable bonds is 19.